The Morgan fingerprint density at radius 3 is 0.824 bits per heavy atom. The summed E-state index contributed by atoms with van der Waals surface area (Å²) in [5.74, 6) is 0. The Kier molecular flexibility index (Phi) is 5.04. The van der Waals surface area contributed by atoms with Gasteiger partial charge in [-0.1, -0.05) is 0 Å². The first kappa shape index (κ1) is 23.7. The lowest BCUT2D eigenvalue weighted by Crippen LogP contribution is -2.27. The van der Waals surface area contributed by atoms with Crippen LogP contribution in [-0.4, -0.2) is 9.13 Å². The summed E-state index contributed by atoms with van der Waals surface area (Å²) in [5.41, 5.74) is 5.20. The minimum absolute atomic E-state index is 0.0683. The van der Waals surface area contributed by atoms with E-state index in [4.69, 9.17) is 0 Å². The van der Waals surface area contributed by atoms with Crippen molar-refractivity contribution in [2.45, 2.75) is 77.0 Å². The number of hydrogen-bond donors (Lipinski definition) is 0. The third-order valence-electron chi connectivity index (χ3n) is 8.48. The molecule has 0 aromatic carbocycles. The quantitative estimate of drug-likeness (QED) is 0.236. The second-order valence-corrected chi connectivity index (χ2v) is 14.3. The van der Waals surface area contributed by atoms with Gasteiger partial charge in [-0.2, -0.15) is 0 Å². The smallest absolute Gasteiger partial charge is 0.0392 e. The van der Waals surface area contributed by atoms with Gasteiger partial charge in [-0.15, -0.1) is 22.7 Å². The Morgan fingerprint density at radius 1 is 0.412 bits per heavy atom. The molecule has 0 saturated carbocycles. The molecule has 0 radical (unpaired) electrons. The highest BCUT2D eigenvalue weighted by Crippen LogP contribution is 2.47. The molecule has 4 aromatic heterocycles. The third-order valence-corrected chi connectivity index (χ3v) is 11.9. The second-order valence-electron chi connectivity index (χ2n) is 12.2. The van der Waals surface area contributed by atoms with Gasteiger partial charge in [0.1, 0.15) is 0 Å². The summed E-state index contributed by atoms with van der Waals surface area (Å²) < 4.78 is 4.90. The zero-order valence-electron chi connectivity index (χ0n) is 22.3. The Balaban J connectivity index is 1.82. The number of nitrogens with zero attached hydrogens (tertiary/aromatic N) is 2. The van der Waals surface area contributed by atoms with Crippen molar-refractivity contribution < 1.29 is 0 Å². The topological polar surface area (TPSA) is 9.86 Å². The molecule has 0 unspecified atom stereocenters. The van der Waals surface area contributed by atoms with Crippen molar-refractivity contribution >= 4 is 22.7 Å². The number of fused-ring (bicyclic) bond motifs is 8. The van der Waals surface area contributed by atoms with E-state index < -0.39 is 0 Å². The predicted octanol–water partition coefficient (Wildman–Crippen LogP) is 8.10. The van der Waals surface area contributed by atoms with Crippen molar-refractivity contribution in [2.75, 3.05) is 0 Å². The zero-order valence-corrected chi connectivity index (χ0v) is 24.0. The molecule has 34 heavy (non-hydrogen) atoms. The molecule has 0 fully saturated rings. The molecule has 4 heteroatoms. The summed E-state index contributed by atoms with van der Waals surface area (Å²) in [4.78, 5) is 5.67. The number of thiophene rings is 2. The number of rotatable bonds is 0. The van der Waals surface area contributed by atoms with Gasteiger partial charge in [-0.3, -0.25) is 0 Å². The Labute approximate surface area is 213 Å². The lowest BCUT2D eigenvalue weighted by molar-refractivity contribution is 0.543. The van der Waals surface area contributed by atoms with Crippen molar-refractivity contribution in [2.24, 2.45) is 14.1 Å². The van der Waals surface area contributed by atoms with Gasteiger partial charge in [-0.05, 0) is 104 Å². The molecule has 1 aliphatic rings. The molecule has 2 nitrogen and oxygen atoms in total. The Morgan fingerprint density at radius 2 is 0.618 bits per heavy atom. The molecule has 5 rings (SSSR count). The first-order valence-corrected chi connectivity index (χ1v) is 13.9. The first-order chi connectivity index (χ1) is 15.7. The van der Waals surface area contributed by atoms with Crippen LogP contribution >= 0.6 is 22.7 Å². The maximum Gasteiger partial charge on any atom is 0.0392 e. The lowest BCUT2D eigenvalue weighted by Gasteiger charge is -2.31. The summed E-state index contributed by atoms with van der Waals surface area (Å²) >= 11 is 3.93. The molecular formula is C30H38N2S2. The van der Waals surface area contributed by atoms with E-state index in [0.717, 1.165) is 0 Å². The number of hydrogen-bond acceptors (Lipinski definition) is 2. The van der Waals surface area contributed by atoms with Crippen LogP contribution in [0.1, 0.15) is 97.7 Å². The SMILES string of the molecule is Cn1c2ccc1C(C)(C)c1ccc(s1)C(C)(C)c1ccc(n1C)C(C)(C)c1ccc(s1)C2(C)C. The van der Waals surface area contributed by atoms with Crippen LogP contribution in [0.2, 0.25) is 0 Å². The summed E-state index contributed by atoms with van der Waals surface area (Å²) in [5, 5.41) is 0. The molecule has 0 saturated heterocycles. The lowest BCUT2D eigenvalue weighted by atomic mass is 9.85. The summed E-state index contributed by atoms with van der Waals surface area (Å²) in [7, 11) is 4.50. The Hall–Kier alpha value is -2.04. The average Bonchev–Trinajstić information content (AvgIpc) is 3.52. The fourth-order valence-electron chi connectivity index (χ4n) is 6.06. The fraction of sp³-hybridized carbons (Fsp3) is 0.467. The van der Waals surface area contributed by atoms with E-state index in [-0.39, 0.29) is 21.7 Å². The average molecular weight is 491 g/mol. The highest BCUT2D eigenvalue weighted by Gasteiger charge is 2.38. The normalized spacial score (nSPS) is 19.8. The molecule has 4 aromatic rings. The van der Waals surface area contributed by atoms with Crippen LogP contribution in [0.5, 0.6) is 0 Å². The highest BCUT2D eigenvalue weighted by atomic mass is 32.1. The van der Waals surface area contributed by atoms with Crippen molar-refractivity contribution in [3.8, 4) is 0 Å². The van der Waals surface area contributed by atoms with Gasteiger partial charge in [0, 0.05) is 78.0 Å². The minimum Gasteiger partial charge on any atom is -0.350 e. The first-order valence-electron chi connectivity index (χ1n) is 12.2. The summed E-state index contributed by atoms with van der Waals surface area (Å²) in [6.45, 7) is 19.0. The van der Waals surface area contributed by atoms with E-state index in [1.54, 1.807) is 0 Å². The van der Waals surface area contributed by atoms with Crippen molar-refractivity contribution in [3.05, 3.63) is 90.8 Å². The minimum atomic E-state index is -0.0683. The molecule has 0 N–H and O–H groups in total. The maximum absolute atomic E-state index is 2.45. The molecule has 0 amide bonds. The van der Waals surface area contributed by atoms with Gasteiger partial charge in [-0.25, -0.2) is 0 Å². The van der Waals surface area contributed by atoms with Crippen LogP contribution < -0.4 is 0 Å². The summed E-state index contributed by atoms with van der Waals surface area (Å²) in [6, 6.07) is 18.8. The van der Waals surface area contributed by atoms with E-state index in [2.05, 4.69) is 127 Å². The largest absolute Gasteiger partial charge is 0.350 e. The summed E-state index contributed by atoms with van der Waals surface area (Å²) in [6.07, 6.45) is 0. The van der Waals surface area contributed by atoms with Crippen molar-refractivity contribution in [1.29, 1.82) is 0 Å². The zero-order chi connectivity index (χ0) is 24.8. The second kappa shape index (κ2) is 7.24. The molecule has 8 bridgehead atoms. The Bertz CT molecular complexity index is 1180. The number of aromatic nitrogens is 2. The molecule has 180 valence electrons. The standard InChI is InChI=1S/C30H38N2S2/c1-27(2)19-11-12-20(31(19)9)28(3,4)25-17-18-26(34-25)30(7,8)22-14-13-21(32(22)10)29(5,6)24-16-15-23(27)33-24/h11-18H,1-10H3. The fourth-order valence-corrected chi connectivity index (χ4v) is 8.51. The third kappa shape index (κ3) is 3.10. The van der Waals surface area contributed by atoms with Crippen molar-refractivity contribution in [3.63, 3.8) is 0 Å². The monoisotopic (exact) mass is 490 g/mol. The van der Waals surface area contributed by atoms with Crippen LogP contribution in [0.4, 0.5) is 0 Å². The van der Waals surface area contributed by atoms with Gasteiger partial charge in [0.25, 0.3) is 0 Å². The molecule has 5 heterocycles. The van der Waals surface area contributed by atoms with E-state index >= 15 is 0 Å². The maximum atomic E-state index is 2.45. The van der Waals surface area contributed by atoms with Crippen molar-refractivity contribution in [1.82, 2.24) is 9.13 Å². The molecule has 0 spiro atoms. The molecule has 0 atom stereocenters. The van der Waals surface area contributed by atoms with E-state index in [0.29, 0.717) is 0 Å². The van der Waals surface area contributed by atoms with Crippen LogP contribution in [-0.2, 0) is 35.8 Å². The van der Waals surface area contributed by atoms with Gasteiger partial charge >= 0.3 is 0 Å². The predicted molar refractivity (Wildman–Crippen MR) is 148 cm³/mol. The molecule has 0 aliphatic carbocycles. The van der Waals surface area contributed by atoms with Crippen LogP contribution in [0.25, 0.3) is 0 Å². The molecule has 1 aliphatic heterocycles. The van der Waals surface area contributed by atoms with E-state index in [1.165, 1.54) is 42.3 Å². The van der Waals surface area contributed by atoms with Gasteiger partial charge in [0.15, 0.2) is 0 Å². The van der Waals surface area contributed by atoms with Crippen LogP contribution in [0.15, 0.2) is 48.5 Å². The highest BCUT2D eigenvalue weighted by molar-refractivity contribution is 7.12. The van der Waals surface area contributed by atoms with Gasteiger partial charge in [0.05, 0.1) is 0 Å². The molecular weight excluding hydrogens is 452 g/mol. The van der Waals surface area contributed by atoms with Gasteiger partial charge < -0.3 is 9.13 Å². The van der Waals surface area contributed by atoms with Crippen LogP contribution in [0.3, 0.4) is 0 Å². The van der Waals surface area contributed by atoms with Crippen LogP contribution in [0, 0.1) is 0 Å². The van der Waals surface area contributed by atoms with E-state index in [1.807, 2.05) is 22.7 Å². The van der Waals surface area contributed by atoms with Gasteiger partial charge in [0.2, 0.25) is 0 Å². The van der Waals surface area contributed by atoms with E-state index in [9.17, 15) is 0 Å².